The maximum atomic E-state index is 13.9. The number of aromatic hydroxyl groups is 1. The van der Waals surface area contributed by atoms with Crippen LogP contribution in [0, 0.1) is 0 Å². The van der Waals surface area contributed by atoms with Gasteiger partial charge in [-0.2, -0.15) is 0 Å². The van der Waals surface area contributed by atoms with Crippen LogP contribution < -0.4 is 5.32 Å². The summed E-state index contributed by atoms with van der Waals surface area (Å²) in [5.41, 5.74) is 1.66. The van der Waals surface area contributed by atoms with Gasteiger partial charge >= 0.3 is 12.1 Å². The van der Waals surface area contributed by atoms with Gasteiger partial charge in [-0.25, -0.2) is 9.59 Å². The van der Waals surface area contributed by atoms with E-state index >= 15 is 0 Å². The highest BCUT2D eigenvalue weighted by Gasteiger charge is 2.52. The van der Waals surface area contributed by atoms with E-state index in [1.807, 2.05) is 29.2 Å². The minimum absolute atomic E-state index is 0.0157. The van der Waals surface area contributed by atoms with Gasteiger partial charge in [-0.3, -0.25) is 14.7 Å². The van der Waals surface area contributed by atoms with Gasteiger partial charge in [0.05, 0.1) is 5.02 Å². The van der Waals surface area contributed by atoms with E-state index in [0.29, 0.717) is 37.5 Å². The molecule has 3 heterocycles. The molecule has 242 valence electrons. The zero-order valence-corrected chi connectivity index (χ0v) is 26.6. The van der Waals surface area contributed by atoms with E-state index in [1.54, 1.807) is 17.0 Å². The zero-order chi connectivity index (χ0) is 31.4. The molecule has 0 spiro atoms. The molecular formula is C34H44ClN5O5. The number of hydrogen-bond acceptors (Lipinski definition) is 7. The van der Waals surface area contributed by atoms with Crippen molar-refractivity contribution in [3.8, 4) is 5.75 Å². The number of likely N-dealkylation sites (tertiary alicyclic amines) is 1. The van der Waals surface area contributed by atoms with E-state index in [1.165, 1.54) is 38.2 Å². The number of carbonyl (C=O) groups is 3. The summed E-state index contributed by atoms with van der Waals surface area (Å²) in [5, 5.41) is 13.1. The van der Waals surface area contributed by atoms with Crippen molar-refractivity contribution in [2.45, 2.75) is 82.1 Å². The van der Waals surface area contributed by atoms with Crippen molar-refractivity contribution >= 4 is 35.7 Å². The number of urea groups is 1. The number of anilines is 1. The average Bonchev–Trinajstić information content (AvgIpc) is 3.23. The van der Waals surface area contributed by atoms with E-state index < -0.39 is 11.8 Å². The van der Waals surface area contributed by atoms with Crippen LogP contribution in [0.4, 0.5) is 15.3 Å². The number of phenolic OH excluding ortho intramolecular Hbond substituents is 1. The number of ether oxygens (including phenoxy) is 1. The van der Waals surface area contributed by atoms with Crippen LogP contribution in [-0.4, -0.2) is 100 Å². The third-order valence-corrected chi connectivity index (χ3v) is 10.6. The van der Waals surface area contributed by atoms with Crippen LogP contribution in [0.2, 0.25) is 5.02 Å². The quantitative estimate of drug-likeness (QED) is 0.388. The summed E-state index contributed by atoms with van der Waals surface area (Å²) in [4.78, 5) is 48.4. The highest BCUT2D eigenvalue weighted by molar-refractivity contribution is 6.32. The van der Waals surface area contributed by atoms with Gasteiger partial charge in [0.25, 0.3) is 0 Å². The fraction of sp³-hybridized carbons (Fsp3) is 0.559. The van der Waals surface area contributed by atoms with Gasteiger partial charge in [0.15, 0.2) is 0 Å². The van der Waals surface area contributed by atoms with Crippen molar-refractivity contribution in [2.24, 2.45) is 0 Å². The normalized spacial score (nSPS) is 25.3. The zero-order valence-electron chi connectivity index (χ0n) is 25.8. The summed E-state index contributed by atoms with van der Waals surface area (Å²) in [7, 11) is 0. The number of benzene rings is 2. The molecule has 2 saturated heterocycles. The number of para-hydroxylation sites is 1. The Morgan fingerprint density at radius 1 is 1.00 bits per heavy atom. The van der Waals surface area contributed by atoms with Crippen molar-refractivity contribution in [1.82, 2.24) is 19.6 Å². The number of piperazine rings is 1. The molecule has 0 unspecified atom stereocenters. The molecule has 45 heavy (non-hydrogen) atoms. The van der Waals surface area contributed by atoms with Crippen molar-refractivity contribution in [1.29, 1.82) is 0 Å². The summed E-state index contributed by atoms with van der Waals surface area (Å²) in [6.07, 6.45) is 8.62. The summed E-state index contributed by atoms with van der Waals surface area (Å²) in [5.74, 6) is -0.0353. The predicted molar refractivity (Wildman–Crippen MR) is 172 cm³/mol. The first-order valence-electron chi connectivity index (χ1n) is 16.4. The Balaban J connectivity index is 1.24. The summed E-state index contributed by atoms with van der Waals surface area (Å²) < 4.78 is 5.84. The van der Waals surface area contributed by atoms with E-state index in [-0.39, 0.29) is 35.9 Å². The minimum atomic E-state index is -0.924. The first-order chi connectivity index (χ1) is 21.9. The molecule has 1 saturated carbocycles. The van der Waals surface area contributed by atoms with Crippen molar-refractivity contribution in [3.05, 3.63) is 58.6 Å². The number of hydrogen-bond donors (Lipinski definition) is 2. The minimum Gasteiger partial charge on any atom is -0.506 e. The standard InChI is InChI=1S/C34H44ClN5O5/c35-29-22-25(10-11-31(29)42)24-45-33(44)40-16-13-28(39-15-12-26-6-4-5-9-30(26)36-32(39)43)23-34(40,14-21-41)38-19-17-37(18-20-38)27-7-2-1-3-8-27/h4-6,9-11,21-22,27-28,42H,1-3,7-8,12-20,23-24H2,(H,36,43)/t28-,34+/m1/s1. The lowest BCUT2D eigenvalue weighted by Gasteiger charge is -2.57. The van der Waals surface area contributed by atoms with Crippen LogP contribution in [0.3, 0.4) is 0 Å². The number of nitrogens with one attached hydrogen (secondary N) is 1. The van der Waals surface area contributed by atoms with Crippen molar-refractivity contribution in [2.75, 3.05) is 44.6 Å². The van der Waals surface area contributed by atoms with Crippen LogP contribution in [0.5, 0.6) is 5.75 Å². The summed E-state index contributed by atoms with van der Waals surface area (Å²) >= 11 is 6.09. The molecule has 10 nitrogen and oxygen atoms in total. The lowest BCUT2D eigenvalue weighted by atomic mass is 9.85. The highest BCUT2D eigenvalue weighted by Crippen LogP contribution is 2.39. The molecule has 6 rings (SSSR count). The van der Waals surface area contributed by atoms with Crippen molar-refractivity contribution < 1.29 is 24.2 Å². The van der Waals surface area contributed by atoms with Crippen molar-refractivity contribution in [3.63, 3.8) is 0 Å². The lowest BCUT2D eigenvalue weighted by molar-refractivity contribution is -0.130. The van der Waals surface area contributed by atoms with Gasteiger partial charge in [-0.1, -0.05) is 55.1 Å². The first-order valence-corrected chi connectivity index (χ1v) is 16.8. The molecule has 3 aliphatic heterocycles. The smallest absolute Gasteiger partial charge is 0.411 e. The molecule has 0 aromatic heterocycles. The third-order valence-electron chi connectivity index (χ3n) is 10.3. The Morgan fingerprint density at radius 3 is 2.53 bits per heavy atom. The second-order valence-corrected chi connectivity index (χ2v) is 13.2. The molecule has 2 aromatic rings. The Labute approximate surface area is 270 Å². The molecule has 3 amide bonds. The molecule has 0 radical (unpaired) electrons. The molecule has 2 N–H and O–H groups in total. The Hall–Kier alpha value is -3.34. The SMILES string of the molecule is O=CC[C@@]1(N2CCN(C3CCCCC3)CC2)C[C@H](N2CCc3ccccc3NC2=O)CCN1C(=O)OCc1ccc(O)c(Cl)c1. The second-order valence-electron chi connectivity index (χ2n) is 12.8. The number of amides is 3. The highest BCUT2D eigenvalue weighted by atomic mass is 35.5. The number of rotatable bonds is 7. The van der Waals surface area contributed by atoms with Gasteiger partial charge in [0.1, 0.15) is 24.3 Å². The largest absolute Gasteiger partial charge is 0.506 e. The van der Waals surface area contributed by atoms with Gasteiger partial charge in [-0.15, -0.1) is 0 Å². The number of aldehydes is 1. The number of nitrogens with zero attached hydrogens (tertiary/aromatic N) is 4. The number of piperidine rings is 1. The van der Waals surface area contributed by atoms with Gasteiger partial charge < -0.3 is 24.9 Å². The average molecular weight is 638 g/mol. The van der Waals surface area contributed by atoms with Gasteiger partial charge in [-0.05, 0) is 55.0 Å². The maximum Gasteiger partial charge on any atom is 0.411 e. The maximum absolute atomic E-state index is 13.9. The van der Waals surface area contributed by atoms with Crippen LogP contribution in [0.15, 0.2) is 42.5 Å². The molecule has 1 aliphatic carbocycles. The second kappa shape index (κ2) is 14.0. The molecule has 0 bridgehead atoms. The van der Waals surface area contributed by atoms with Crippen LogP contribution >= 0.6 is 11.6 Å². The first kappa shape index (κ1) is 31.6. The van der Waals surface area contributed by atoms with Crippen LogP contribution in [0.25, 0.3) is 0 Å². The number of carbonyl (C=O) groups excluding carboxylic acids is 3. The van der Waals surface area contributed by atoms with E-state index in [9.17, 15) is 19.5 Å². The Morgan fingerprint density at radius 2 is 1.78 bits per heavy atom. The fourth-order valence-electron chi connectivity index (χ4n) is 7.91. The van der Waals surface area contributed by atoms with E-state index in [2.05, 4.69) is 15.1 Å². The van der Waals surface area contributed by atoms with E-state index in [4.69, 9.17) is 16.3 Å². The molecule has 2 atom stereocenters. The molecule has 2 aromatic carbocycles. The monoisotopic (exact) mass is 637 g/mol. The topological polar surface area (TPSA) is 106 Å². The van der Waals surface area contributed by atoms with E-state index in [0.717, 1.165) is 50.1 Å². The number of phenols is 1. The van der Waals surface area contributed by atoms with Gasteiger partial charge in [0, 0.05) is 69.9 Å². The predicted octanol–water partition coefficient (Wildman–Crippen LogP) is 5.47. The summed E-state index contributed by atoms with van der Waals surface area (Å²) in [6.45, 7) is 4.12. The number of fused-ring (bicyclic) bond motifs is 1. The Bertz CT molecular complexity index is 1380. The van der Waals surface area contributed by atoms with Crippen LogP contribution in [0.1, 0.15) is 62.5 Å². The molecule has 4 aliphatic rings. The fourth-order valence-corrected chi connectivity index (χ4v) is 8.11. The molecule has 11 heteroatoms. The summed E-state index contributed by atoms with van der Waals surface area (Å²) in [6, 6.07) is 12.9. The van der Waals surface area contributed by atoms with Crippen LogP contribution in [-0.2, 0) is 22.6 Å². The Kier molecular flexibility index (Phi) is 9.82. The molecular weight excluding hydrogens is 594 g/mol. The molecule has 3 fully saturated rings. The number of halogens is 1. The third kappa shape index (κ3) is 6.78. The van der Waals surface area contributed by atoms with Gasteiger partial charge in [0.2, 0.25) is 0 Å². The lowest BCUT2D eigenvalue weighted by Crippen LogP contribution is -2.71.